The molecular weight excluding hydrogens is 302 g/mol. The van der Waals surface area contributed by atoms with Crippen molar-refractivity contribution in [2.75, 3.05) is 24.7 Å². The predicted octanol–water partition coefficient (Wildman–Crippen LogP) is 2.92. The average Bonchev–Trinajstić information content (AvgIpc) is 3.42. The first kappa shape index (κ1) is 15.1. The molecule has 124 valence electrons. The van der Waals surface area contributed by atoms with Crippen LogP contribution >= 0.6 is 0 Å². The van der Waals surface area contributed by atoms with Crippen molar-refractivity contribution in [3.63, 3.8) is 0 Å². The Kier molecular flexibility index (Phi) is 4.17. The number of aromatic nitrogens is 1. The fourth-order valence-electron chi connectivity index (χ4n) is 2.91. The number of benzene rings is 1. The van der Waals surface area contributed by atoms with Gasteiger partial charge in [0.1, 0.15) is 18.5 Å². The Hall–Kier alpha value is -2.40. The molecule has 2 aliphatic heterocycles. The van der Waals surface area contributed by atoms with Crippen LogP contribution in [0.2, 0.25) is 0 Å². The second-order valence-corrected chi connectivity index (χ2v) is 6.27. The van der Waals surface area contributed by atoms with E-state index in [2.05, 4.69) is 40.4 Å². The number of oxime groups is 1. The van der Waals surface area contributed by atoms with Gasteiger partial charge in [-0.15, -0.1) is 0 Å². The van der Waals surface area contributed by atoms with Crippen molar-refractivity contribution in [3.8, 4) is 0 Å². The van der Waals surface area contributed by atoms with Crippen LogP contribution in [0.25, 0.3) is 0 Å². The van der Waals surface area contributed by atoms with Crippen LogP contribution in [0.4, 0.5) is 5.82 Å². The number of pyridine rings is 1. The Morgan fingerprint density at radius 3 is 2.88 bits per heavy atom. The first-order valence-corrected chi connectivity index (χ1v) is 8.37. The first-order valence-electron chi connectivity index (χ1n) is 8.37. The molecule has 1 atom stereocenters. The molecule has 0 radical (unpaired) electrons. The van der Waals surface area contributed by atoms with Gasteiger partial charge in [-0.2, -0.15) is 0 Å². The van der Waals surface area contributed by atoms with Crippen LogP contribution in [0.15, 0.2) is 47.6 Å². The monoisotopic (exact) mass is 323 g/mol. The number of nitrogens with zero attached hydrogens (tertiary/aromatic N) is 3. The number of fused-ring (bicyclic) bond motifs is 1. The lowest BCUT2D eigenvalue weighted by molar-refractivity contribution is 0.124. The van der Waals surface area contributed by atoms with Crippen molar-refractivity contribution in [1.82, 2.24) is 4.98 Å². The van der Waals surface area contributed by atoms with Gasteiger partial charge in [0.15, 0.2) is 0 Å². The van der Waals surface area contributed by atoms with E-state index in [4.69, 9.17) is 14.6 Å². The number of hydrogen-bond acceptors (Lipinski definition) is 5. The molecule has 3 heterocycles. The highest BCUT2D eigenvalue weighted by atomic mass is 16.7. The van der Waals surface area contributed by atoms with Crippen molar-refractivity contribution in [1.29, 1.82) is 0 Å². The van der Waals surface area contributed by atoms with E-state index in [1.54, 1.807) is 0 Å². The Bertz CT molecular complexity index is 742. The molecule has 2 aliphatic rings. The zero-order chi connectivity index (χ0) is 16.4. The molecule has 0 N–H and O–H groups in total. The maximum absolute atomic E-state index is 5.45. The van der Waals surface area contributed by atoms with E-state index in [1.807, 2.05) is 19.1 Å². The molecule has 5 heteroatoms. The minimum absolute atomic E-state index is 0.225. The standard InChI is InChI=1S/C19H21N3O2/c1-14-7-8-17-18(21-24-13-16-12-23-16)9-10-22(19(17)20-14)11-15-5-3-2-4-6-15/h2-8,16H,9-13H2,1H3/b21-18+. The van der Waals surface area contributed by atoms with Gasteiger partial charge in [0.2, 0.25) is 0 Å². The van der Waals surface area contributed by atoms with Crippen LogP contribution in [0.5, 0.6) is 0 Å². The van der Waals surface area contributed by atoms with E-state index in [0.717, 1.165) is 48.9 Å². The number of anilines is 1. The van der Waals surface area contributed by atoms with Crippen LogP contribution in [-0.2, 0) is 16.1 Å². The van der Waals surface area contributed by atoms with Crippen molar-refractivity contribution in [2.24, 2.45) is 5.16 Å². The molecule has 0 spiro atoms. The molecule has 0 aliphatic carbocycles. The minimum atomic E-state index is 0.225. The fourth-order valence-corrected chi connectivity index (χ4v) is 2.91. The van der Waals surface area contributed by atoms with Crippen LogP contribution < -0.4 is 4.90 Å². The van der Waals surface area contributed by atoms with Gasteiger partial charge in [0.25, 0.3) is 0 Å². The molecule has 1 aromatic heterocycles. The maximum atomic E-state index is 5.45. The second-order valence-electron chi connectivity index (χ2n) is 6.27. The summed E-state index contributed by atoms with van der Waals surface area (Å²) in [5.41, 5.74) is 4.34. The first-order chi connectivity index (χ1) is 11.8. The van der Waals surface area contributed by atoms with Gasteiger partial charge in [-0.25, -0.2) is 4.98 Å². The number of aryl methyl sites for hydroxylation is 1. The summed E-state index contributed by atoms with van der Waals surface area (Å²) in [5.74, 6) is 0.995. The van der Waals surface area contributed by atoms with Crippen molar-refractivity contribution < 1.29 is 9.57 Å². The summed E-state index contributed by atoms with van der Waals surface area (Å²) in [6, 6.07) is 14.6. The zero-order valence-electron chi connectivity index (χ0n) is 13.8. The topological polar surface area (TPSA) is 50.2 Å². The van der Waals surface area contributed by atoms with Crippen LogP contribution in [0, 0.1) is 6.92 Å². The minimum Gasteiger partial charge on any atom is -0.393 e. The zero-order valence-corrected chi connectivity index (χ0v) is 13.8. The lowest BCUT2D eigenvalue weighted by Crippen LogP contribution is -2.33. The van der Waals surface area contributed by atoms with E-state index in [0.29, 0.717) is 6.61 Å². The fraction of sp³-hybridized carbons (Fsp3) is 0.368. The second kappa shape index (κ2) is 6.61. The molecule has 1 saturated heterocycles. The molecule has 0 amide bonds. The van der Waals surface area contributed by atoms with Crippen LogP contribution in [0.1, 0.15) is 23.2 Å². The SMILES string of the molecule is Cc1ccc2c(n1)N(Cc1ccccc1)CC/C2=N\OCC1CO1. The number of hydrogen-bond donors (Lipinski definition) is 0. The molecule has 2 aromatic rings. The largest absolute Gasteiger partial charge is 0.393 e. The molecule has 1 fully saturated rings. The van der Waals surface area contributed by atoms with E-state index < -0.39 is 0 Å². The van der Waals surface area contributed by atoms with Crippen molar-refractivity contribution >= 4 is 11.5 Å². The molecule has 0 saturated carbocycles. The van der Waals surface area contributed by atoms with Gasteiger partial charge in [-0.1, -0.05) is 35.5 Å². The summed E-state index contributed by atoms with van der Waals surface area (Å²) in [6.07, 6.45) is 1.08. The van der Waals surface area contributed by atoms with Gasteiger partial charge < -0.3 is 14.5 Å². The summed E-state index contributed by atoms with van der Waals surface area (Å²) in [7, 11) is 0. The highest BCUT2D eigenvalue weighted by Gasteiger charge is 2.26. The summed E-state index contributed by atoms with van der Waals surface area (Å²) >= 11 is 0. The van der Waals surface area contributed by atoms with Gasteiger partial charge in [0, 0.05) is 30.8 Å². The third kappa shape index (κ3) is 3.41. The van der Waals surface area contributed by atoms with Crippen molar-refractivity contribution in [3.05, 3.63) is 59.3 Å². The lowest BCUT2D eigenvalue weighted by Gasteiger charge is -2.31. The molecule has 1 unspecified atom stereocenters. The number of ether oxygens (including phenoxy) is 1. The summed E-state index contributed by atoms with van der Waals surface area (Å²) in [6.45, 7) is 5.08. The maximum Gasteiger partial charge on any atom is 0.145 e. The van der Waals surface area contributed by atoms with Crippen LogP contribution in [-0.4, -0.2) is 36.6 Å². The molecule has 5 nitrogen and oxygen atoms in total. The smallest absolute Gasteiger partial charge is 0.145 e. The summed E-state index contributed by atoms with van der Waals surface area (Å²) in [5, 5.41) is 4.35. The number of epoxide rings is 1. The molecule has 24 heavy (non-hydrogen) atoms. The van der Waals surface area contributed by atoms with E-state index >= 15 is 0 Å². The van der Waals surface area contributed by atoms with Gasteiger partial charge >= 0.3 is 0 Å². The predicted molar refractivity (Wildman–Crippen MR) is 93.3 cm³/mol. The third-order valence-corrected chi connectivity index (χ3v) is 4.30. The van der Waals surface area contributed by atoms with E-state index in [9.17, 15) is 0 Å². The Morgan fingerprint density at radius 1 is 1.25 bits per heavy atom. The van der Waals surface area contributed by atoms with Gasteiger partial charge in [-0.05, 0) is 24.6 Å². The molecular formula is C19H21N3O2. The van der Waals surface area contributed by atoms with Crippen LogP contribution in [0.3, 0.4) is 0 Å². The van der Waals surface area contributed by atoms with Crippen molar-refractivity contribution in [2.45, 2.75) is 26.0 Å². The molecule has 4 rings (SSSR count). The highest BCUT2D eigenvalue weighted by Crippen LogP contribution is 2.27. The summed E-state index contributed by atoms with van der Waals surface area (Å²) < 4.78 is 5.15. The quantitative estimate of drug-likeness (QED) is 0.627. The lowest BCUT2D eigenvalue weighted by atomic mass is 10.0. The summed E-state index contributed by atoms with van der Waals surface area (Å²) in [4.78, 5) is 12.5. The molecule has 1 aromatic carbocycles. The van der Waals surface area contributed by atoms with Gasteiger partial charge in [-0.3, -0.25) is 0 Å². The van der Waals surface area contributed by atoms with Gasteiger partial charge in [0.05, 0.1) is 12.3 Å². The number of rotatable bonds is 5. The van der Waals surface area contributed by atoms with E-state index in [1.165, 1.54) is 5.56 Å². The third-order valence-electron chi connectivity index (χ3n) is 4.30. The Labute approximate surface area is 141 Å². The Morgan fingerprint density at radius 2 is 2.08 bits per heavy atom. The van der Waals surface area contributed by atoms with E-state index in [-0.39, 0.29) is 6.10 Å². The highest BCUT2D eigenvalue weighted by molar-refractivity contribution is 6.06. The normalized spacial score (nSPS) is 20.8. The average molecular weight is 323 g/mol. The Balaban J connectivity index is 1.57. The molecule has 0 bridgehead atoms.